The lowest BCUT2D eigenvalue weighted by Crippen LogP contribution is -2.53. The molecule has 2 atom stereocenters. The third-order valence-electron chi connectivity index (χ3n) is 6.96. The highest BCUT2D eigenvalue weighted by Gasteiger charge is 2.33. The summed E-state index contributed by atoms with van der Waals surface area (Å²) in [6, 6.07) is 11.1. The van der Waals surface area contributed by atoms with E-state index in [0.29, 0.717) is 46.9 Å². The highest BCUT2D eigenvalue weighted by atomic mass is 35.5. The van der Waals surface area contributed by atoms with Gasteiger partial charge >= 0.3 is 5.97 Å². The van der Waals surface area contributed by atoms with Gasteiger partial charge in [-0.05, 0) is 63.1 Å². The van der Waals surface area contributed by atoms with E-state index in [9.17, 15) is 9.90 Å². The second kappa shape index (κ2) is 12.2. The molecule has 0 bridgehead atoms. The minimum atomic E-state index is -1.18. The van der Waals surface area contributed by atoms with Gasteiger partial charge in [-0.2, -0.15) is 5.06 Å². The summed E-state index contributed by atoms with van der Waals surface area (Å²) >= 11 is 7.68. The number of halogens is 1. The monoisotopic (exact) mass is 611 g/mol. The first-order chi connectivity index (χ1) is 20.0. The number of aryl methyl sites for hydroxylation is 1. The summed E-state index contributed by atoms with van der Waals surface area (Å²) in [5.74, 6) is -0.487. The van der Waals surface area contributed by atoms with E-state index in [4.69, 9.17) is 35.9 Å². The number of ether oxygens (including phenoxy) is 2. The highest BCUT2D eigenvalue weighted by Crippen LogP contribution is 2.44. The number of carboxylic acids is 1. The molecule has 2 aromatic heterocycles. The fourth-order valence-corrected chi connectivity index (χ4v) is 6.31. The SMILES string of the molecule is COC1CN(c2nccc(-c3nc4cc(C)c([C@H](OC(C)(C)C)C(=O)O)c(-c5ccc(Cl)cc5)c4s3)n2)CCN1OC. The molecule has 1 unspecified atom stereocenters. The molecule has 12 heteroatoms. The van der Waals surface area contributed by atoms with Crippen molar-refractivity contribution in [3.63, 3.8) is 0 Å². The Hall–Kier alpha value is -3.19. The largest absolute Gasteiger partial charge is 0.479 e. The van der Waals surface area contributed by atoms with E-state index in [1.54, 1.807) is 37.6 Å². The number of hydrogen-bond donors (Lipinski definition) is 1. The normalized spacial score (nSPS) is 17.1. The molecule has 1 aliphatic rings. The molecule has 0 aliphatic carbocycles. The molecule has 4 aromatic rings. The van der Waals surface area contributed by atoms with Crippen molar-refractivity contribution in [2.75, 3.05) is 38.8 Å². The quantitative estimate of drug-likeness (QED) is 0.255. The summed E-state index contributed by atoms with van der Waals surface area (Å²) in [5.41, 5.74) is 3.68. The Morgan fingerprint density at radius 1 is 1.14 bits per heavy atom. The van der Waals surface area contributed by atoms with Gasteiger partial charge in [0.05, 0.1) is 29.5 Å². The number of rotatable bonds is 8. The van der Waals surface area contributed by atoms with Crippen LogP contribution < -0.4 is 4.90 Å². The maximum atomic E-state index is 12.6. The Bertz CT molecular complexity index is 1590. The lowest BCUT2D eigenvalue weighted by molar-refractivity contribution is -0.232. The molecule has 1 fully saturated rings. The number of carbonyl (C=O) groups is 1. The van der Waals surface area contributed by atoms with Crippen LogP contribution in [0.1, 0.15) is 38.0 Å². The second-order valence-electron chi connectivity index (χ2n) is 11.0. The van der Waals surface area contributed by atoms with Crippen LogP contribution in [-0.2, 0) is 19.1 Å². The van der Waals surface area contributed by atoms with Gasteiger partial charge in [0.1, 0.15) is 16.9 Å². The molecule has 1 aliphatic heterocycles. The van der Waals surface area contributed by atoms with Crippen molar-refractivity contribution in [2.45, 2.75) is 45.6 Å². The molecule has 222 valence electrons. The van der Waals surface area contributed by atoms with E-state index in [0.717, 1.165) is 26.9 Å². The fourth-order valence-electron chi connectivity index (χ4n) is 5.08. The zero-order valence-corrected chi connectivity index (χ0v) is 26.0. The van der Waals surface area contributed by atoms with Crippen LogP contribution in [0, 0.1) is 6.92 Å². The molecule has 10 nitrogen and oxygen atoms in total. The van der Waals surface area contributed by atoms with Crippen LogP contribution in [0.25, 0.3) is 32.0 Å². The van der Waals surface area contributed by atoms with Gasteiger partial charge in [-0.15, -0.1) is 11.3 Å². The summed E-state index contributed by atoms with van der Waals surface area (Å²) in [6.07, 6.45) is 0.290. The molecule has 0 amide bonds. The lowest BCUT2D eigenvalue weighted by atomic mass is 9.91. The number of hydroxylamine groups is 2. The number of benzene rings is 2. The molecule has 0 saturated carbocycles. The van der Waals surface area contributed by atoms with E-state index in [1.807, 2.05) is 52.0 Å². The van der Waals surface area contributed by atoms with Gasteiger partial charge in [-0.25, -0.2) is 19.7 Å². The molecule has 3 heterocycles. The first-order valence-corrected chi connectivity index (χ1v) is 14.7. The van der Waals surface area contributed by atoms with Gasteiger partial charge in [0.15, 0.2) is 6.10 Å². The van der Waals surface area contributed by atoms with Crippen molar-refractivity contribution < 1.29 is 24.2 Å². The first-order valence-electron chi connectivity index (χ1n) is 13.5. The number of hydrogen-bond acceptors (Lipinski definition) is 10. The van der Waals surface area contributed by atoms with E-state index in [2.05, 4.69) is 9.88 Å². The minimum Gasteiger partial charge on any atom is -0.479 e. The smallest absolute Gasteiger partial charge is 0.337 e. The van der Waals surface area contributed by atoms with Crippen LogP contribution in [0.3, 0.4) is 0 Å². The Morgan fingerprint density at radius 3 is 2.52 bits per heavy atom. The summed E-state index contributed by atoms with van der Waals surface area (Å²) in [6.45, 7) is 9.29. The van der Waals surface area contributed by atoms with Crippen LogP contribution in [0.5, 0.6) is 0 Å². The fraction of sp³-hybridized carbons (Fsp3) is 0.400. The molecular weight excluding hydrogens is 578 g/mol. The van der Waals surface area contributed by atoms with Crippen molar-refractivity contribution >= 4 is 45.1 Å². The number of nitrogens with zero attached hydrogens (tertiary/aromatic N) is 5. The van der Waals surface area contributed by atoms with Gasteiger partial charge in [0.2, 0.25) is 5.95 Å². The van der Waals surface area contributed by atoms with Crippen molar-refractivity contribution in [1.29, 1.82) is 0 Å². The van der Waals surface area contributed by atoms with Crippen molar-refractivity contribution in [3.05, 3.63) is 58.7 Å². The van der Waals surface area contributed by atoms with Crippen LogP contribution in [-0.4, -0.2) is 76.8 Å². The van der Waals surface area contributed by atoms with E-state index in [1.165, 1.54) is 11.3 Å². The predicted molar refractivity (Wildman–Crippen MR) is 164 cm³/mol. The van der Waals surface area contributed by atoms with Gasteiger partial charge in [0, 0.05) is 42.5 Å². The zero-order valence-electron chi connectivity index (χ0n) is 24.4. The zero-order chi connectivity index (χ0) is 30.2. The molecule has 0 spiro atoms. The molecule has 0 radical (unpaired) electrons. The van der Waals surface area contributed by atoms with Crippen LogP contribution >= 0.6 is 22.9 Å². The average molecular weight is 612 g/mol. The molecule has 5 rings (SSSR count). The number of piperazine rings is 1. The van der Waals surface area contributed by atoms with Crippen molar-refractivity contribution in [3.8, 4) is 21.8 Å². The second-order valence-corrected chi connectivity index (χ2v) is 12.4. The van der Waals surface area contributed by atoms with Crippen molar-refractivity contribution in [1.82, 2.24) is 20.0 Å². The number of fused-ring (bicyclic) bond motifs is 1. The van der Waals surface area contributed by atoms with E-state index < -0.39 is 17.7 Å². The Kier molecular flexibility index (Phi) is 8.79. The van der Waals surface area contributed by atoms with Gasteiger partial charge < -0.3 is 19.5 Å². The molecule has 1 N–H and O–H groups in total. The third kappa shape index (κ3) is 6.26. The molecule has 42 heavy (non-hydrogen) atoms. The summed E-state index contributed by atoms with van der Waals surface area (Å²) in [7, 11) is 3.28. The average Bonchev–Trinajstić information content (AvgIpc) is 3.38. The summed E-state index contributed by atoms with van der Waals surface area (Å²) in [4.78, 5) is 34.4. The summed E-state index contributed by atoms with van der Waals surface area (Å²) in [5, 5.41) is 13.4. The van der Waals surface area contributed by atoms with Crippen LogP contribution in [0.15, 0.2) is 42.6 Å². The third-order valence-corrected chi connectivity index (χ3v) is 8.32. The topological polar surface area (TPSA) is 110 Å². The molecular formula is C30H34ClN5O5S. The number of anilines is 1. The Labute approximate surface area is 253 Å². The Balaban J connectivity index is 1.63. The van der Waals surface area contributed by atoms with Gasteiger partial charge in [-0.1, -0.05) is 23.7 Å². The number of thiazole rings is 1. The lowest BCUT2D eigenvalue weighted by Gasteiger charge is -2.38. The maximum absolute atomic E-state index is 12.6. The number of carboxylic acid groups (broad SMARTS) is 1. The van der Waals surface area contributed by atoms with Gasteiger partial charge in [0.25, 0.3) is 0 Å². The van der Waals surface area contributed by atoms with Crippen LogP contribution in [0.2, 0.25) is 5.02 Å². The number of methoxy groups -OCH3 is 1. The molecule has 1 saturated heterocycles. The highest BCUT2D eigenvalue weighted by molar-refractivity contribution is 7.22. The predicted octanol–water partition coefficient (Wildman–Crippen LogP) is 5.98. The molecule has 2 aromatic carbocycles. The number of aliphatic carboxylic acids is 1. The maximum Gasteiger partial charge on any atom is 0.337 e. The summed E-state index contributed by atoms with van der Waals surface area (Å²) < 4.78 is 12.5. The number of aromatic nitrogens is 3. The van der Waals surface area contributed by atoms with E-state index in [-0.39, 0.29) is 6.23 Å². The first kappa shape index (κ1) is 30.3. The van der Waals surface area contributed by atoms with Crippen molar-refractivity contribution in [2.24, 2.45) is 0 Å². The van der Waals surface area contributed by atoms with E-state index >= 15 is 0 Å². The van der Waals surface area contributed by atoms with Crippen LogP contribution in [0.4, 0.5) is 5.95 Å². The standard InChI is InChI=1S/C30H34ClN5O5S/c1-17-15-21-26(24(18-7-9-19(31)10-8-18)23(17)25(28(37)38)41-30(2,3)4)42-27(33-21)20-11-12-32-29(34-20)35-13-14-36(40-6)22(16-35)39-5/h7-12,15,22,25H,13-14,16H2,1-6H3,(H,37,38)/t22?,25-/m0/s1. The minimum absolute atomic E-state index is 0.251. The Morgan fingerprint density at radius 2 is 1.88 bits per heavy atom. The van der Waals surface area contributed by atoms with Gasteiger partial charge in [-0.3, -0.25) is 4.84 Å².